The highest BCUT2D eigenvalue weighted by Crippen LogP contribution is 2.50. The Balaban J connectivity index is 2.27. The Morgan fingerprint density at radius 1 is 1.25 bits per heavy atom. The van der Waals surface area contributed by atoms with Crippen molar-refractivity contribution in [2.24, 2.45) is 0 Å². The van der Waals surface area contributed by atoms with Gasteiger partial charge in [-0.1, -0.05) is 45.2 Å². The van der Waals surface area contributed by atoms with Crippen LogP contribution in [0.4, 0.5) is 5.69 Å². The summed E-state index contributed by atoms with van der Waals surface area (Å²) in [4.78, 5) is 13.5. The van der Waals surface area contributed by atoms with Crippen LogP contribution in [-0.2, 0) is 10.2 Å². The molecule has 2 heteroatoms. The Morgan fingerprint density at radius 3 is 2.71 bits per heavy atom. The molecule has 0 spiro atoms. The van der Waals surface area contributed by atoms with Crippen LogP contribution in [0.15, 0.2) is 42.1 Å². The minimum Gasteiger partial charge on any atom is -0.344 e. The summed E-state index contributed by atoms with van der Waals surface area (Å²) in [6.45, 7) is 7.51. The molecule has 0 radical (unpaired) electrons. The van der Waals surface area contributed by atoms with Crippen molar-refractivity contribution in [1.29, 1.82) is 0 Å². The Labute approximate surface area is 144 Å². The first kappa shape index (κ1) is 16.3. The highest BCUT2D eigenvalue weighted by atomic mass is 16.1. The maximum absolute atomic E-state index is 11.2. The van der Waals surface area contributed by atoms with Gasteiger partial charge in [0.1, 0.15) is 6.29 Å². The quantitative estimate of drug-likeness (QED) is 0.458. The second-order valence-corrected chi connectivity index (χ2v) is 6.86. The average Bonchev–Trinajstić information content (AvgIpc) is 2.80. The van der Waals surface area contributed by atoms with Gasteiger partial charge in [0, 0.05) is 28.9 Å². The molecule has 3 rings (SSSR count). The highest BCUT2D eigenvalue weighted by Gasteiger charge is 2.40. The van der Waals surface area contributed by atoms with Crippen LogP contribution in [0, 0.1) is 12.3 Å². The summed E-state index contributed by atoms with van der Waals surface area (Å²) in [5, 5.41) is 2.37. The predicted molar refractivity (Wildman–Crippen MR) is 101 cm³/mol. The molecule has 0 aromatic heterocycles. The summed E-state index contributed by atoms with van der Waals surface area (Å²) in [7, 11) is 0. The summed E-state index contributed by atoms with van der Waals surface area (Å²) in [5.41, 5.74) is 4.26. The zero-order chi connectivity index (χ0) is 17.3. The third kappa shape index (κ3) is 2.41. The number of benzene rings is 2. The molecule has 0 bridgehead atoms. The molecule has 0 amide bonds. The fraction of sp³-hybridized carbons (Fsp3) is 0.318. The summed E-state index contributed by atoms with van der Waals surface area (Å²) < 4.78 is 0. The van der Waals surface area contributed by atoms with E-state index in [0.29, 0.717) is 0 Å². The van der Waals surface area contributed by atoms with Crippen molar-refractivity contribution in [2.75, 3.05) is 11.4 Å². The van der Waals surface area contributed by atoms with Crippen LogP contribution < -0.4 is 4.90 Å². The molecule has 122 valence electrons. The van der Waals surface area contributed by atoms with Gasteiger partial charge in [0.2, 0.25) is 0 Å². The fourth-order valence-electron chi connectivity index (χ4n) is 3.80. The van der Waals surface area contributed by atoms with Gasteiger partial charge in [-0.25, -0.2) is 0 Å². The first-order valence-electron chi connectivity index (χ1n) is 8.52. The van der Waals surface area contributed by atoms with Crippen molar-refractivity contribution >= 4 is 22.7 Å². The van der Waals surface area contributed by atoms with Gasteiger partial charge in [-0.05, 0) is 47.0 Å². The number of anilines is 1. The number of hydrogen-bond acceptors (Lipinski definition) is 2. The minimum absolute atomic E-state index is 0.207. The van der Waals surface area contributed by atoms with Crippen LogP contribution in [0.5, 0.6) is 0 Å². The molecular weight excluding hydrogens is 294 g/mol. The Hall–Kier alpha value is -2.53. The van der Waals surface area contributed by atoms with E-state index in [4.69, 9.17) is 6.42 Å². The van der Waals surface area contributed by atoms with E-state index in [0.717, 1.165) is 42.3 Å². The number of unbranched alkanes of at least 4 members (excludes halogenated alkanes) is 1. The topological polar surface area (TPSA) is 20.3 Å². The molecule has 0 saturated heterocycles. The molecule has 1 aliphatic heterocycles. The van der Waals surface area contributed by atoms with Crippen molar-refractivity contribution in [3.05, 3.63) is 53.2 Å². The Kier molecular flexibility index (Phi) is 4.20. The van der Waals surface area contributed by atoms with Gasteiger partial charge in [-0.15, -0.1) is 6.42 Å². The number of rotatable bonds is 4. The lowest BCUT2D eigenvalue weighted by molar-refractivity contribution is -0.104. The van der Waals surface area contributed by atoms with Crippen LogP contribution in [0.3, 0.4) is 0 Å². The lowest BCUT2D eigenvalue weighted by Gasteiger charge is -2.26. The van der Waals surface area contributed by atoms with E-state index in [1.165, 1.54) is 16.6 Å². The van der Waals surface area contributed by atoms with Gasteiger partial charge in [0.15, 0.2) is 0 Å². The third-order valence-corrected chi connectivity index (χ3v) is 4.97. The van der Waals surface area contributed by atoms with Crippen molar-refractivity contribution in [3.63, 3.8) is 0 Å². The molecule has 0 unspecified atom stereocenters. The molecule has 0 aliphatic carbocycles. The van der Waals surface area contributed by atoms with E-state index in [9.17, 15) is 4.79 Å². The number of terminal acetylenes is 1. The molecular formula is C22H23NO. The van der Waals surface area contributed by atoms with Gasteiger partial charge in [0.25, 0.3) is 0 Å². The Bertz CT molecular complexity index is 867. The van der Waals surface area contributed by atoms with Crippen molar-refractivity contribution in [1.82, 2.24) is 0 Å². The molecule has 2 aromatic rings. The van der Waals surface area contributed by atoms with Crippen LogP contribution in [0.1, 0.15) is 44.7 Å². The molecule has 24 heavy (non-hydrogen) atoms. The zero-order valence-electron chi connectivity index (χ0n) is 14.6. The van der Waals surface area contributed by atoms with Crippen LogP contribution in [-0.4, -0.2) is 12.8 Å². The summed E-state index contributed by atoms with van der Waals surface area (Å²) in [6.07, 6.45) is 10.4. The largest absolute Gasteiger partial charge is 0.344 e. The Morgan fingerprint density at radius 2 is 2.04 bits per heavy atom. The number of fused-ring (bicyclic) bond motifs is 3. The molecule has 0 N–H and O–H groups in total. The van der Waals surface area contributed by atoms with Crippen molar-refractivity contribution < 1.29 is 4.79 Å². The summed E-state index contributed by atoms with van der Waals surface area (Å²) in [6, 6.07) is 10.5. The fourth-order valence-corrected chi connectivity index (χ4v) is 3.80. The zero-order valence-corrected chi connectivity index (χ0v) is 14.6. The predicted octanol–water partition coefficient (Wildman–Crippen LogP) is 4.80. The van der Waals surface area contributed by atoms with Gasteiger partial charge in [0.05, 0.1) is 0 Å². The summed E-state index contributed by atoms with van der Waals surface area (Å²) in [5.74, 6) is 2.71. The molecule has 2 nitrogen and oxygen atoms in total. The number of nitrogens with zero attached hydrogens (tertiary/aromatic N) is 1. The first-order chi connectivity index (χ1) is 11.5. The average molecular weight is 317 g/mol. The van der Waals surface area contributed by atoms with Crippen LogP contribution in [0.25, 0.3) is 10.8 Å². The second kappa shape index (κ2) is 6.17. The molecule has 0 fully saturated rings. The maximum atomic E-state index is 11.2. The van der Waals surface area contributed by atoms with Crippen LogP contribution >= 0.6 is 0 Å². The van der Waals surface area contributed by atoms with Gasteiger partial charge in [-0.2, -0.15) is 0 Å². The number of carbonyl (C=O) groups is 1. The van der Waals surface area contributed by atoms with Crippen molar-refractivity contribution in [2.45, 2.75) is 39.0 Å². The molecule has 1 aliphatic rings. The van der Waals surface area contributed by atoms with Gasteiger partial charge in [-0.3, -0.25) is 4.79 Å². The molecule has 0 atom stereocenters. The SMILES string of the molecule is C#Cc1ccc2c3c(ccc2c1)N(CCCC)/C(=C\C=O)C3(C)C. The standard InChI is InChI=1S/C22H23NO/c1-5-7-13-23-19-11-9-17-15-16(6-2)8-10-18(17)21(19)22(3,4)20(23)12-14-24/h2,8-12,14-15H,5,7,13H2,1,3-4H3/b20-12-. The number of hydrogen-bond donors (Lipinski definition) is 0. The van der Waals surface area contributed by atoms with E-state index in [1.54, 1.807) is 6.08 Å². The van der Waals surface area contributed by atoms with E-state index in [-0.39, 0.29) is 5.41 Å². The molecule has 0 saturated carbocycles. The first-order valence-corrected chi connectivity index (χ1v) is 8.52. The van der Waals surface area contributed by atoms with Gasteiger partial charge >= 0.3 is 0 Å². The smallest absolute Gasteiger partial charge is 0.144 e. The number of aldehydes is 1. The lowest BCUT2D eigenvalue weighted by Crippen LogP contribution is -2.27. The van der Waals surface area contributed by atoms with E-state index >= 15 is 0 Å². The van der Waals surface area contributed by atoms with E-state index < -0.39 is 0 Å². The monoisotopic (exact) mass is 317 g/mol. The van der Waals surface area contributed by atoms with E-state index in [2.05, 4.69) is 55.9 Å². The molecule has 1 heterocycles. The second-order valence-electron chi connectivity index (χ2n) is 6.86. The minimum atomic E-state index is -0.207. The van der Waals surface area contributed by atoms with E-state index in [1.807, 2.05) is 6.07 Å². The lowest BCUT2D eigenvalue weighted by atomic mass is 9.81. The van der Waals surface area contributed by atoms with Gasteiger partial charge < -0.3 is 4.90 Å². The molecule has 2 aromatic carbocycles. The highest BCUT2D eigenvalue weighted by molar-refractivity contribution is 5.96. The number of carbonyl (C=O) groups excluding carboxylic acids is 1. The third-order valence-electron chi connectivity index (χ3n) is 4.97. The van der Waals surface area contributed by atoms with Crippen molar-refractivity contribution in [3.8, 4) is 12.3 Å². The normalized spacial score (nSPS) is 17.1. The summed E-state index contributed by atoms with van der Waals surface area (Å²) >= 11 is 0. The maximum Gasteiger partial charge on any atom is 0.144 e. The number of allylic oxidation sites excluding steroid dienone is 2. The van der Waals surface area contributed by atoms with Crippen LogP contribution in [0.2, 0.25) is 0 Å².